The Balaban J connectivity index is 1.18. The van der Waals surface area contributed by atoms with Gasteiger partial charge >= 0.3 is 0 Å². The van der Waals surface area contributed by atoms with E-state index in [1.807, 2.05) is 0 Å². The molecule has 2 heteroatoms. The van der Waals surface area contributed by atoms with Gasteiger partial charge in [-0.15, -0.1) is 22.7 Å². The van der Waals surface area contributed by atoms with Gasteiger partial charge in [0.25, 0.3) is 0 Å². The summed E-state index contributed by atoms with van der Waals surface area (Å²) in [7, 11) is 0. The zero-order valence-corrected chi connectivity index (χ0v) is 20.2. The molecule has 0 nitrogen and oxygen atoms in total. The Morgan fingerprint density at radius 3 is 0.706 bits per heavy atom. The first-order valence-electron chi connectivity index (χ1n) is 11.3. The van der Waals surface area contributed by atoms with Crippen molar-refractivity contribution in [3.63, 3.8) is 0 Å². The predicted molar refractivity (Wildman–Crippen MR) is 149 cm³/mol. The molecule has 2 heterocycles. The maximum atomic E-state index is 2.22. The molecule has 0 saturated carbocycles. The zero-order chi connectivity index (χ0) is 22.7. The number of thiophene rings is 2. The number of rotatable bonds is 5. The highest BCUT2D eigenvalue weighted by Crippen LogP contribution is 2.31. The molecular weight excluding hydrogens is 448 g/mol. The van der Waals surface area contributed by atoms with Crippen molar-refractivity contribution in [3.8, 4) is 54.3 Å². The Labute approximate surface area is 208 Å². The first-order valence-corrected chi connectivity index (χ1v) is 13.1. The van der Waals surface area contributed by atoms with Gasteiger partial charge < -0.3 is 0 Å². The van der Waals surface area contributed by atoms with E-state index in [4.69, 9.17) is 0 Å². The van der Waals surface area contributed by atoms with Crippen molar-refractivity contribution in [2.45, 2.75) is 0 Å². The van der Waals surface area contributed by atoms with Crippen molar-refractivity contribution in [1.82, 2.24) is 0 Å². The fourth-order valence-electron chi connectivity index (χ4n) is 4.25. The SMILES string of the molecule is c1csc(-c2ccc(-c3ccc(-c4ccc(-c5ccc(-c6cccs6)cc5)cc4)cc3)cc2)c1. The Morgan fingerprint density at radius 1 is 0.265 bits per heavy atom. The van der Waals surface area contributed by atoms with Gasteiger partial charge in [-0.2, -0.15) is 0 Å². The second kappa shape index (κ2) is 9.26. The van der Waals surface area contributed by atoms with E-state index < -0.39 is 0 Å². The largest absolute Gasteiger partial charge is 0.144 e. The first kappa shape index (κ1) is 20.9. The number of benzene rings is 4. The molecule has 6 rings (SSSR count). The lowest BCUT2D eigenvalue weighted by atomic mass is 9.97. The van der Waals surface area contributed by atoms with E-state index in [1.54, 1.807) is 22.7 Å². The van der Waals surface area contributed by atoms with Crippen molar-refractivity contribution in [1.29, 1.82) is 0 Å². The highest BCUT2D eigenvalue weighted by molar-refractivity contribution is 7.13. The highest BCUT2D eigenvalue weighted by Gasteiger charge is 2.05. The first-order chi connectivity index (χ1) is 16.8. The molecule has 0 amide bonds. The summed E-state index contributed by atoms with van der Waals surface area (Å²) < 4.78 is 0. The summed E-state index contributed by atoms with van der Waals surface area (Å²) in [5.74, 6) is 0. The van der Waals surface area contributed by atoms with Gasteiger partial charge in [0.2, 0.25) is 0 Å². The van der Waals surface area contributed by atoms with E-state index in [1.165, 1.54) is 54.3 Å². The average molecular weight is 471 g/mol. The fourth-order valence-corrected chi connectivity index (χ4v) is 5.72. The smallest absolute Gasteiger partial charge is 0.0342 e. The quantitative estimate of drug-likeness (QED) is 0.235. The van der Waals surface area contributed by atoms with Crippen LogP contribution in [0.3, 0.4) is 0 Å². The predicted octanol–water partition coefficient (Wildman–Crippen LogP) is 10.1. The summed E-state index contributed by atoms with van der Waals surface area (Å²) in [5.41, 5.74) is 9.99. The maximum Gasteiger partial charge on any atom is 0.0342 e. The van der Waals surface area contributed by atoms with Crippen LogP contribution in [0.1, 0.15) is 0 Å². The van der Waals surface area contributed by atoms with Crippen LogP contribution in [0.15, 0.2) is 132 Å². The summed E-state index contributed by atoms with van der Waals surface area (Å²) in [6.45, 7) is 0. The van der Waals surface area contributed by atoms with Crippen molar-refractivity contribution < 1.29 is 0 Å². The standard InChI is InChI=1S/C32H22S2/c1-3-31(33-21-1)29-17-13-27(14-18-29)25-9-5-23(6-10-25)24-7-11-26(12-8-24)28-15-19-30(20-16-28)32-4-2-22-34-32/h1-22H. The van der Waals surface area contributed by atoms with Crippen molar-refractivity contribution >= 4 is 22.7 Å². The Morgan fingerprint density at radius 2 is 0.500 bits per heavy atom. The Bertz CT molecular complexity index is 1350. The normalized spacial score (nSPS) is 10.9. The molecule has 0 bridgehead atoms. The molecule has 0 radical (unpaired) electrons. The van der Waals surface area contributed by atoms with Crippen LogP contribution in [0.25, 0.3) is 54.3 Å². The lowest BCUT2D eigenvalue weighted by molar-refractivity contribution is 1.57. The molecule has 0 saturated heterocycles. The van der Waals surface area contributed by atoms with E-state index in [0.717, 1.165) is 0 Å². The molecule has 0 aliphatic carbocycles. The van der Waals surface area contributed by atoms with Crippen LogP contribution < -0.4 is 0 Å². The monoisotopic (exact) mass is 470 g/mol. The molecule has 6 aromatic rings. The highest BCUT2D eigenvalue weighted by atomic mass is 32.1. The van der Waals surface area contributed by atoms with Gasteiger partial charge in [0.1, 0.15) is 0 Å². The van der Waals surface area contributed by atoms with Gasteiger partial charge in [-0.3, -0.25) is 0 Å². The van der Waals surface area contributed by atoms with Crippen LogP contribution in [0, 0.1) is 0 Å². The summed E-state index contributed by atoms with van der Waals surface area (Å²) >= 11 is 3.55. The topological polar surface area (TPSA) is 0 Å². The van der Waals surface area contributed by atoms with Gasteiger partial charge in [-0.25, -0.2) is 0 Å². The van der Waals surface area contributed by atoms with Crippen LogP contribution in [0.4, 0.5) is 0 Å². The Hall–Kier alpha value is -3.72. The lowest BCUT2D eigenvalue weighted by Crippen LogP contribution is -1.83. The molecular formula is C32H22S2. The van der Waals surface area contributed by atoms with Gasteiger partial charge in [-0.05, 0) is 67.4 Å². The van der Waals surface area contributed by atoms with Crippen molar-refractivity contribution in [2.24, 2.45) is 0 Å². The van der Waals surface area contributed by atoms with Gasteiger partial charge in [0, 0.05) is 9.75 Å². The van der Waals surface area contributed by atoms with Gasteiger partial charge in [0.15, 0.2) is 0 Å². The minimum absolute atomic E-state index is 1.23. The molecule has 0 unspecified atom stereocenters. The summed E-state index contributed by atoms with van der Waals surface area (Å²) in [4.78, 5) is 2.62. The van der Waals surface area contributed by atoms with Crippen LogP contribution in [-0.4, -0.2) is 0 Å². The van der Waals surface area contributed by atoms with E-state index in [-0.39, 0.29) is 0 Å². The molecule has 0 spiro atoms. The summed E-state index contributed by atoms with van der Waals surface area (Å²) in [6, 6.07) is 43.9. The second-order valence-corrected chi connectivity index (χ2v) is 10.2. The fraction of sp³-hybridized carbons (Fsp3) is 0. The number of hydrogen-bond donors (Lipinski definition) is 0. The van der Waals surface area contributed by atoms with E-state index in [2.05, 4.69) is 132 Å². The van der Waals surface area contributed by atoms with Crippen LogP contribution >= 0.6 is 22.7 Å². The Kier molecular flexibility index (Phi) is 5.68. The molecule has 2 aromatic heterocycles. The average Bonchev–Trinajstić information content (AvgIpc) is 3.65. The zero-order valence-electron chi connectivity index (χ0n) is 18.5. The summed E-state index contributed by atoms with van der Waals surface area (Å²) in [5, 5.41) is 4.24. The van der Waals surface area contributed by atoms with Crippen LogP contribution in [0.5, 0.6) is 0 Å². The molecule has 4 aromatic carbocycles. The molecule has 0 fully saturated rings. The molecule has 0 N–H and O–H groups in total. The second-order valence-electron chi connectivity index (χ2n) is 8.26. The maximum absolute atomic E-state index is 2.22. The third-order valence-electron chi connectivity index (χ3n) is 6.15. The van der Waals surface area contributed by atoms with Crippen LogP contribution in [-0.2, 0) is 0 Å². The summed E-state index contributed by atoms with van der Waals surface area (Å²) in [6.07, 6.45) is 0. The van der Waals surface area contributed by atoms with Crippen LogP contribution in [0.2, 0.25) is 0 Å². The molecule has 0 atom stereocenters. The third-order valence-corrected chi connectivity index (χ3v) is 7.99. The third kappa shape index (κ3) is 4.26. The molecule has 0 aliphatic rings. The minimum Gasteiger partial charge on any atom is -0.144 e. The van der Waals surface area contributed by atoms with Crippen molar-refractivity contribution in [2.75, 3.05) is 0 Å². The van der Waals surface area contributed by atoms with Crippen molar-refractivity contribution in [3.05, 3.63) is 132 Å². The molecule has 0 aliphatic heterocycles. The molecule has 162 valence electrons. The van der Waals surface area contributed by atoms with E-state index >= 15 is 0 Å². The number of hydrogen-bond acceptors (Lipinski definition) is 2. The van der Waals surface area contributed by atoms with Gasteiger partial charge in [0.05, 0.1) is 0 Å². The minimum atomic E-state index is 1.23. The van der Waals surface area contributed by atoms with Gasteiger partial charge in [-0.1, -0.05) is 109 Å². The lowest BCUT2D eigenvalue weighted by Gasteiger charge is -2.08. The van der Waals surface area contributed by atoms with E-state index in [0.29, 0.717) is 0 Å². The van der Waals surface area contributed by atoms with E-state index in [9.17, 15) is 0 Å². The molecule has 34 heavy (non-hydrogen) atoms.